The fraction of sp³-hybridized carbons (Fsp3) is 0.684. The number of hydrogen-bond acceptors (Lipinski definition) is 3. The zero-order chi connectivity index (χ0) is 16.3. The first kappa shape index (κ1) is 17.3. The van der Waals surface area contributed by atoms with Gasteiger partial charge >= 0.3 is 0 Å². The van der Waals surface area contributed by atoms with E-state index in [1.54, 1.807) is 6.07 Å². The van der Waals surface area contributed by atoms with E-state index in [-0.39, 0.29) is 11.5 Å². The van der Waals surface area contributed by atoms with Crippen LogP contribution in [0, 0.1) is 11.8 Å². The summed E-state index contributed by atoms with van der Waals surface area (Å²) in [5.74, 6) is 1.22. The zero-order valence-electron chi connectivity index (χ0n) is 14.4. The molecule has 1 aromatic rings. The number of piperidine rings is 1. The molecule has 124 valence electrons. The maximum atomic E-state index is 9.98. The van der Waals surface area contributed by atoms with Crippen molar-refractivity contribution in [3.8, 4) is 5.75 Å². The summed E-state index contributed by atoms with van der Waals surface area (Å²) < 4.78 is 0. The molecule has 1 aliphatic rings. The fourth-order valence-electron chi connectivity index (χ4n) is 3.46. The van der Waals surface area contributed by atoms with E-state index < -0.39 is 0 Å². The molecule has 0 unspecified atom stereocenters. The smallest absolute Gasteiger partial charge is 0.115 e. The molecule has 3 atom stereocenters. The summed E-state index contributed by atoms with van der Waals surface area (Å²) in [6.07, 6.45) is 1.75. The van der Waals surface area contributed by atoms with Crippen molar-refractivity contribution in [2.45, 2.75) is 52.1 Å². The maximum absolute atomic E-state index is 9.98. The van der Waals surface area contributed by atoms with Gasteiger partial charge in [0.05, 0.1) is 6.10 Å². The summed E-state index contributed by atoms with van der Waals surface area (Å²) in [7, 11) is 0. The second-order valence-electron chi connectivity index (χ2n) is 7.52. The van der Waals surface area contributed by atoms with Crippen molar-refractivity contribution in [2.24, 2.45) is 11.8 Å². The lowest BCUT2D eigenvalue weighted by Gasteiger charge is -2.45. The Kier molecular flexibility index (Phi) is 5.51. The molecule has 1 heterocycles. The summed E-state index contributed by atoms with van der Waals surface area (Å²) >= 11 is 0. The number of rotatable bonds is 5. The van der Waals surface area contributed by atoms with E-state index in [1.165, 1.54) is 5.56 Å². The molecule has 22 heavy (non-hydrogen) atoms. The average Bonchev–Trinajstić information content (AvgIpc) is 2.48. The van der Waals surface area contributed by atoms with Crippen LogP contribution in [0.4, 0.5) is 0 Å². The monoisotopic (exact) mass is 305 g/mol. The lowest BCUT2D eigenvalue weighted by molar-refractivity contribution is 0.0702. The Morgan fingerprint density at radius 3 is 2.68 bits per heavy atom. The molecule has 0 amide bonds. The van der Waals surface area contributed by atoms with Gasteiger partial charge in [0, 0.05) is 13.1 Å². The lowest BCUT2D eigenvalue weighted by Crippen LogP contribution is -2.48. The SMILES string of the molecule is CC(C)[C@H](O)CCN1CC[C@](C)(c2cccc(O)c2)[C@@H](C)C1. The summed E-state index contributed by atoms with van der Waals surface area (Å²) in [5, 5.41) is 19.7. The molecule has 0 spiro atoms. The third-order valence-corrected chi connectivity index (χ3v) is 5.58. The third-order valence-electron chi connectivity index (χ3n) is 5.58. The summed E-state index contributed by atoms with van der Waals surface area (Å²) in [6.45, 7) is 11.8. The van der Waals surface area contributed by atoms with Crippen LogP contribution in [0.2, 0.25) is 0 Å². The van der Waals surface area contributed by atoms with E-state index in [0.717, 1.165) is 32.5 Å². The number of aliphatic hydroxyl groups excluding tert-OH is 1. The van der Waals surface area contributed by atoms with Crippen molar-refractivity contribution >= 4 is 0 Å². The second-order valence-corrected chi connectivity index (χ2v) is 7.52. The fourth-order valence-corrected chi connectivity index (χ4v) is 3.46. The first-order chi connectivity index (χ1) is 10.3. The van der Waals surface area contributed by atoms with Gasteiger partial charge in [-0.15, -0.1) is 0 Å². The van der Waals surface area contributed by atoms with Crippen molar-refractivity contribution in [3.63, 3.8) is 0 Å². The molecule has 1 fully saturated rings. The molecule has 0 aromatic heterocycles. The van der Waals surface area contributed by atoms with Crippen LogP contribution in [0.3, 0.4) is 0 Å². The van der Waals surface area contributed by atoms with Crippen molar-refractivity contribution < 1.29 is 10.2 Å². The van der Waals surface area contributed by atoms with Gasteiger partial charge in [0.15, 0.2) is 0 Å². The Labute approximate surface area is 135 Å². The molecule has 3 heteroatoms. The van der Waals surface area contributed by atoms with Crippen LogP contribution >= 0.6 is 0 Å². The summed E-state index contributed by atoms with van der Waals surface area (Å²) in [6, 6.07) is 7.72. The van der Waals surface area contributed by atoms with Gasteiger partial charge in [-0.25, -0.2) is 0 Å². The molecule has 1 aromatic carbocycles. The summed E-state index contributed by atoms with van der Waals surface area (Å²) in [5.41, 5.74) is 1.35. The predicted octanol–water partition coefficient (Wildman–Crippen LogP) is 3.40. The largest absolute Gasteiger partial charge is 0.508 e. The minimum absolute atomic E-state index is 0.117. The number of hydrogen-bond donors (Lipinski definition) is 2. The number of aromatic hydroxyl groups is 1. The lowest BCUT2D eigenvalue weighted by atomic mass is 9.68. The normalized spacial score (nSPS) is 28.0. The zero-order valence-corrected chi connectivity index (χ0v) is 14.4. The van der Waals surface area contributed by atoms with Gasteiger partial charge in [-0.1, -0.05) is 39.8 Å². The quantitative estimate of drug-likeness (QED) is 0.876. The highest BCUT2D eigenvalue weighted by molar-refractivity contribution is 5.33. The van der Waals surface area contributed by atoms with Crippen molar-refractivity contribution in [2.75, 3.05) is 19.6 Å². The van der Waals surface area contributed by atoms with E-state index in [4.69, 9.17) is 0 Å². The molecule has 0 radical (unpaired) electrons. The maximum Gasteiger partial charge on any atom is 0.115 e. The highest BCUT2D eigenvalue weighted by atomic mass is 16.3. The Bertz CT molecular complexity index is 488. The number of aliphatic hydroxyl groups is 1. The van der Waals surface area contributed by atoms with Crippen LogP contribution in [0.5, 0.6) is 5.75 Å². The standard InChI is InChI=1S/C19H31NO2/c1-14(2)18(22)8-10-20-11-9-19(4,15(3)13-20)16-6-5-7-17(21)12-16/h5-7,12,14-15,18,21-22H,8-11,13H2,1-4H3/t15-,18+,19-/m0/s1. The molecule has 1 aliphatic heterocycles. The molecular weight excluding hydrogens is 274 g/mol. The van der Waals surface area contributed by atoms with Crippen molar-refractivity contribution in [1.82, 2.24) is 4.90 Å². The first-order valence-corrected chi connectivity index (χ1v) is 8.53. The summed E-state index contributed by atoms with van der Waals surface area (Å²) in [4.78, 5) is 2.47. The molecule has 2 N–H and O–H groups in total. The van der Waals surface area contributed by atoms with Gasteiger partial charge in [-0.05, 0) is 54.3 Å². The van der Waals surface area contributed by atoms with Gasteiger partial charge in [0.1, 0.15) is 5.75 Å². The second kappa shape index (κ2) is 7.01. The number of phenols is 1. The minimum Gasteiger partial charge on any atom is -0.508 e. The van der Waals surface area contributed by atoms with E-state index in [0.29, 0.717) is 17.6 Å². The number of benzene rings is 1. The Balaban J connectivity index is 1.97. The molecule has 0 bridgehead atoms. The number of nitrogens with zero attached hydrogens (tertiary/aromatic N) is 1. The average molecular weight is 305 g/mol. The van der Waals surface area contributed by atoms with Gasteiger partial charge in [-0.2, -0.15) is 0 Å². The molecule has 2 rings (SSSR count). The highest BCUT2D eigenvalue weighted by Gasteiger charge is 2.38. The number of phenolic OH excluding ortho intramolecular Hbond substituents is 1. The molecule has 1 saturated heterocycles. The first-order valence-electron chi connectivity index (χ1n) is 8.53. The Hall–Kier alpha value is -1.06. The van der Waals surface area contributed by atoms with E-state index in [2.05, 4.69) is 38.7 Å². The molecule has 3 nitrogen and oxygen atoms in total. The van der Waals surface area contributed by atoms with Crippen LogP contribution in [-0.4, -0.2) is 40.9 Å². The molecular formula is C19H31NO2. The van der Waals surface area contributed by atoms with Crippen molar-refractivity contribution in [3.05, 3.63) is 29.8 Å². The minimum atomic E-state index is -0.199. The number of likely N-dealkylation sites (tertiary alicyclic amines) is 1. The van der Waals surface area contributed by atoms with Crippen LogP contribution in [0.1, 0.15) is 46.1 Å². The van der Waals surface area contributed by atoms with Gasteiger partial charge < -0.3 is 15.1 Å². The predicted molar refractivity (Wildman–Crippen MR) is 91.1 cm³/mol. The van der Waals surface area contributed by atoms with Gasteiger partial charge in [0.25, 0.3) is 0 Å². The van der Waals surface area contributed by atoms with E-state index >= 15 is 0 Å². The van der Waals surface area contributed by atoms with Gasteiger partial charge in [-0.3, -0.25) is 0 Å². The van der Waals surface area contributed by atoms with Crippen LogP contribution < -0.4 is 0 Å². The van der Waals surface area contributed by atoms with E-state index in [1.807, 2.05) is 12.1 Å². The molecule has 0 aliphatic carbocycles. The van der Waals surface area contributed by atoms with Crippen molar-refractivity contribution in [1.29, 1.82) is 0 Å². The van der Waals surface area contributed by atoms with E-state index in [9.17, 15) is 10.2 Å². The van der Waals surface area contributed by atoms with Gasteiger partial charge in [0.2, 0.25) is 0 Å². The van der Waals surface area contributed by atoms with Crippen LogP contribution in [-0.2, 0) is 5.41 Å². The molecule has 0 saturated carbocycles. The van der Waals surface area contributed by atoms with Crippen LogP contribution in [0.25, 0.3) is 0 Å². The highest BCUT2D eigenvalue weighted by Crippen LogP contribution is 2.40. The third kappa shape index (κ3) is 3.82. The topological polar surface area (TPSA) is 43.7 Å². The Morgan fingerprint density at radius 2 is 2.09 bits per heavy atom. The van der Waals surface area contributed by atoms with Crippen LogP contribution in [0.15, 0.2) is 24.3 Å². The Morgan fingerprint density at radius 1 is 1.36 bits per heavy atom.